The average Bonchev–Trinajstić information content (AvgIpc) is 2.74. The van der Waals surface area contributed by atoms with E-state index in [2.05, 4.69) is 41.1 Å². The van der Waals surface area contributed by atoms with Crippen LogP contribution in [0.15, 0.2) is 45.5 Å². The number of furan rings is 1. The summed E-state index contributed by atoms with van der Waals surface area (Å²) in [6.45, 7) is 2.06. The quantitative estimate of drug-likeness (QED) is 0.933. The minimum absolute atomic E-state index is 0.0250. The summed E-state index contributed by atoms with van der Waals surface area (Å²) in [6, 6.07) is 10.0. The summed E-state index contributed by atoms with van der Waals surface area (Å²) in [7, 11) is 0. The zero-order valence-electron chi connectivity index (χ0n) is 9.11. The van der Waals surface area contributed by atoms with Gasteiger partial charge in [-0.1, -0.05) is 28.1 Å². The molecule has 84 valence electrons. The highest BCUT2D eigenvalue weighted by molar-refractivity contribution is 9.10. The topological polar surface area (TPSA) is 39.2 Å². The molecule has 0 amide bonds. The minimum atomic E-state index is -0.0250. The van der Waals surface area contributed by atoms with Gasteiger partial charge >= 0.3 is 0 Å². The molecule has 1 aromatic carbocycles. The Balaban J connectivity index is 2.14. The Morgan fingerprint density at radius 3 is 2.81 bits per heavy atom. The molecule has 0 bridgehead atoms. The highest BCUT2D eigenvalue weighted by atomic mass is 79.9. The van der Waals surface area contributed by atoms with Gasteiger partial charge < -0.3 is 10.2 Å². The lowest BCUT2D eigenvalue weighted by Crippen LogP contribution is -2.13. The fourth-order valence-corrected chi connectivity index (χ4v) is 2.00. The molecule has 1 atom stereocenters. The molecule has 1 unspecified atom stereocenters. The van der Waals surface area contributed by atoms with E-state index in [1.807, 2.05) is 12.1 Å². The van der Waals surface area contributed by atoms with E-state index in [0.29, 0.717) is 0 Å². The Morgan fingerprint density at radius 2 is 2.19 bits per heavy atom. The van der Waals surface area contributed by atoms with Crippen LogP contribution in [0.2, 0.25) is 0 Å². The summed E-state index contributed by atoms with van der Waals surface area (Å²) in [4.78, 5) is 0. The van der Waals surface area contributed by atoms with Crippen molar-refractivity contribution in [2.45, 2.75) is 19.4 Å². The number of benzene rings is 1. The maximum absolute atomic E-state index is 6.12. The molecule has 0 saturated heterocycles. The molecule has 16 heavy (non-hydrogen) atoms. The summed E-state index contributed by atoms with van der Waals surface area (Å²) in [5.41, 5.74) is 8.46. The minimum Gasteiger partial charge on any atom is -0.469 e. The molecule has 2 N–H and O–H groups in total. The number of halogens is 1. The van der Waals surface area contributed by atoms with Crippen LogP contribution in [0.25, 0.3) is 0 Å². The van der Waals surface area contributed by atoms with Crippen LogP contribution < -0.4 is 5.73 Å². The van der Waals surface area contributed by atoms with Crippen molar-refractivity contribution in [3.8, 4) is 0 Å². The lowest BCUT2D eigenvalue weighted by Gasteiger charge is -2.11. The third-order valence-electron chi connectivity index (χ3n) is 2.63. The number of hydrogen-bond acceptors (Lipinski definition) is 2. The number of nitrogens with two attached hydrogens (primary N) is 1. The first kappa shape index (κ1) is 11.4. The standard InChI is InChI=1S/C13H14BrNO/c1-9-4-5-10(7-12(9)14)13(15)8-11-3-2-6-16-11/h2-7,13H,8,15H2,1H3. The Labute approximate surface area is 104 Å². The Morgan fingerprint density at radius 1 is 1.38 bits per heavy atom. The van der Waals surface area contributed by atoms with E-state index in [-0.39, 0.29) is 6.04 Å². The van der Waals surface area contributed by atoms with Gasteiger partial charge in [-0.25, -0.2) is 0 Å². The van der Waals surface area contributed by atoms with Gasteiger partial charge in [0.15, 0.2) is 0 Å². The molecule has 0 aliphatic heterocycles. The predicted molar refractivity (Wildman–Crippen MR) is 68.2 cm³/mol. The molecule has 0 radical (unpaired) electrons. The fraction of sp³-hybridized carbons (Fsp3) is 0.231. The molecule has 0 aliphatic carbocycles. The molecule has 2 nitrogen and oxygen atoms in total. The van der Waals surface area contributed by atoms with Gasteiger partial charge in [0.05, 0.1) is 6.26 Å². The van der Waals surface area contributed by atoms with Crippen LogP contribution in [-0.2, 0) is 6.42 Å². The maximum Gasteiger partial charge on any atom is 0.105 e. The van der Waals surface area contributed by atoms with Gasteiger partial charge in [0.2, 0.25) is 0 Å². The maximum atomic E-state index is 6.12. The molecular formula is C13H14BrNO. The van der Waals surface area contributed by atoms with E-state index in [0.717, 1.165) is 22.2 Å². The van der Waals surface area contributed by atoms with Crippen LogP contribution in [0.3, 0.4) is 0 Å². The van der Waals surface area contributed by atoms with Crippen LogP contribution >= 0.6 is 15.9 Å². The Bertz CT molecular complexity index is 465. The monoisotopic (exact) mass is 279 g/mol. The van der Waals surface area contributed by atoms with Crippen molar-refractivity contribution in [1.82, 2.24) is 0 Å². The van der Waals surface area contributed by atoms with Crippen molar-refractivity contribution in [2.24, 2.45) is 5.73 Å². The largest absolute Gasteiger partial charge is 0.469 e. The Kier molecular flexibility index (Phi) is 3.46. The number of aryl methyl sites for hydroxylation is 1. The second-order valence-corrected chi connectivity index (χ2v) is 4.75. The fourth-order valence-electron chi connectivity index (χ4n) is 1.60. The van der Waals surface area contributed by atoms with Crippen molar-refractivity contribution < 1.29 is 4.42 Å². The molecule has 2 rings (SSSR count). The molecule has 0 spiro atoms. The van der Waals surface area contributed by atoms with E-state index in [1.165, 1.54) is 5.56 Å². The van der Waals surface area contributed by atoms with Gasteiger partial charge in [-0.3, -0.25) is 0 Å². The van der Waals surface area contributed by atoms with Crippen LogP contribution in [0.1, 0.15) is 22.9 Å². The van der Waals surface area contributed by atoms with Gasteiger partial charge in [0, 0.05) is 16.9 Å². The molecule has 0 fully saturated rings. The van der Waals surface area contributed by atoms with E-state index < -0.39 is 0 Å². The van der Waals surface area contributed by atoms with E-state index in [4.69, 9.17) is 10.2 Å². The van der Waals surface area contributed by atoms with Crippen LogP contribution in [-0.4, -0.2) is 0 Å². The highest BCUT2D eigenvalue weighted by Gasteiger charge is 2.09. The lowest BCUT2D eigenvalue weighted by atomic mass is 10.0. The van der Waals surface area contributed by atoms with E-state index in [9.17, 15) is 0 Å². The molecule has 1 heterocycles. The first-order chi connectivity index (χ1) is 7.66. The van der Waals surface area contributed by atoms with Crippen LogP contribution in [0, 0.1) is 6.92 Å². The summed E-state index contributed by atoms with van der Waals surface area (Å²) in [6.07, 6.45) is 2.40. The van der Waals surface area contributed by atoms with Gasteiger partial charge in [-0.2, -0.15) is 0 Å². The lowest BCUT2D eigenvalue weighted by molar-refractivity contribution is 0.488. The molecule has 0 aliphatic rings. The van der Waals surface area contributed by atoms with Crippen molar-refractivity contribution in [2.75, 3.05) is 0 Å². The first-order valence-corrected chi connectivity index (χ1v) is 6.00. The van der Waals surface area contributed by atoms with Crippen molar-refractivity contribution >= 4 is 15.9 Å². The average molecular weight is 280 g/mol. The van der Waals surface area contributed by atoms with Gasteiger partial charge in [0.25, 0.3) is 0 Å². The van der Waals surface area contributed by atoms with Gasteiger partial charge in [-0.05, 0) is 36.2 Å². The Hall–Kier alpha value is -1.06. The smallest absolute Gasteiger partial charge is 0.105 e. The zero-order chi connectivity index (χ0) is 11.5. The highest BCUT2D eigenvalue weighted by Crippen LogP contribution is 2.22. The van der Waals surface area contributed by atoms with Crippen molar-refractivity contribution in [1.29, 1.82) is 0 Å². The summed E-state index contributed by atoms with van der Waals surface area (Å²) in [5.74, 6) is 0.921. The molecule has 2 aromatic rings. The molecule has 3 heteroatoms. The summed E-state index contributed by atoms with van der Waals surface area (Å²) in [5, 5.41) is 0. The van der Waals surface area contributed by atoms with Crippen LogP contribution in [0.4, 0.5) is 0 Å². The second kappa shape index (κ2) is 4.85. The van der Waals surface area contributed by atoms with E-state index in [1.54, 1.807) is 6.26 Å². The summed E-state index contributed by atoms with van der Waals surface area (Å²) < 4.78 is 6.39. The SMILES string of the molecule is Cc1ccc(C(N)Cc2ccco2)cc1Br. The van der Waals surface area contributed by atoms with Crippen molar-refractivity contribution in [3.63, 3.8) is 0 Å². The molecule has 1 aromatic heterocycles. The third kappa shape index (κ3) is 2.54. The van der Waals surface area contributed by atoms with Crippen LogP contribution in [0.5, 0.6) is 0 Å². The summed E-state index contributed by atoms with van der Waals surface area (Å²) >= 11 is 3.51. The molecule has 0 saturated carbocycles. The number of rotatable bonds is 3. The third-order valence-corrected chi connectivity index (χ3v) is 3.48. The predicted octanol–water partition coefficient (Wildman–Crippen LogP) is 3.59. The second-order valence-electron chi connectivity index (χ2n) is 3.90. The first-order valence-electron chi connectivity index (χ1n) is 5.21. The number of hydrogen-bond donors (Lipinski definition) is 1. The van der Waals surface area contributed by atoms with E-state index >= 15 is 0 Å². The van der Waals surface area contributed by atoms with Crippen molar-refractivity contribution in [3.05, 3.63) is 58.0 Å². The van der Waals surface area contributed by atoms with Gasteiger partial charge in [0.1, 0.15) is 5.76 Å². The normalized spacial score (nSPS) is 12.7. The van der Waals surface area contributed by atoms with Gasteiger partial charge in [-0.15, -0.1) is 0 Å². The molecular weight excluding hydrogens is 266 g/mol. The zero-order valence-corrected chi connectivity index (χ0v) is 10.7.